The zero-order valence-electron chi connectivity index (χ0n) is 13.1. The Morgan fingerprint density at radius 3 is 2.64 bits per heavy atom. The van der Waals surface area contributed by atoms with E-state index in [1.54, 1.807) is 19.1 Å². The molecule has 0 amide bonds. The second-order valence-electron chi connectivity index (χ2n) is 6.13. The molecule has 0 spiro atoms. The quantitative estimate of drug-likeness (QED) is 0.863. The molecule has 3 rings (SSSR count). The number of phenolic OH excluding ortho intramolecular Hbond substituents is 1. The molecule has 2 atom stereocenters. The third kappa shape index (κ3) is 2.87. The summed E-state index contributed by atoms with van der Waals surface area (Å²) in [6, 6.07) is 5.00. The number of aryl methyl sites for hydroxylation is 1. The molecule has 1 N–H and O–H groups in total. The largest absolute Gasteiger partial charge is 0.508 e. The summed E-state index contributed by atoms with van der Waals surface area (Å²) < 4.78 is 11.0. The van der Waals surface area contributed by atoms with Gasteiger partial charge in [0.25, 0.3) is 0 Å². The van der Waals surface area contributed by atoms with E-state index in [4.69, 9.17) is 9.15 Å². The maximum Gasteiger partial charge on any atom is 0.336 e. The van der Waals surface area contributed by atoms with Crippen molar-refractivity contribution in [3.05, 3.63) is 39.7 Å². The second kappa shape index (κ2) is 5.74. The van der Waals surface area contributed by atoms with E-state index in [0.29, 0.717) is 17.7 Å². The van der Waals surface area contributed by atoms with Crippen LogP contribution < -0.4 is 5.63 Å². The summed E-state index contributed by atoms with van der Waals surface area (Å²) in [7, 11) is 0. The topological polar surface area (TPSA) is 62.9 Å². The highest BCUT2D eigenvalue weighted by atomic mass is 16.5. The zero-order valence-corrected chi connectivity index (χ0v) is 13.1. The highest BCUT2D eigenvalue weighted by Gasteiger charge is 2.23. The molecule has 0 radical (unpaired) electrons. The van der Waals surface area contributed by atoms with Gasteiger partial charge in [0.2, 0.25) is 0 Å². The predicted octanol–water partition coefficient (Wildman–Crippen LogP) is 2.42. The van der Waals surface area contributed by atoms with Gasteiger partial charge in [0.1, 0.15) is 11.3 Å². The van der Waals surface area contributed by atoms with Crippen LogP contribution in [0, 0.1) is 6.92 Å². The van der Waals surface area contributed by atoms with E-state index in [1.165, 1.54) is 0 Å². The van der Waals surface area contributed by atoms with Gasteiger partial charge in [-0.2, -0.15) is 0 Å². The van der Waals surface area contributed by atoms with Gasteiger partial charge in [-0.15, -0.1) is 0 Å². The molecule has 2 aromatic rings. The number of rotatable bonds is 2. The van der Waals surface area contributed by atoms with E-state index in [-0.39, 0.29) is 23.6 Å². The van der Waals surface area contributed by atoms with Gasteiger partial charge in [-0.1, -0.05) is 0 Å². The highest BCUT2D eigenvalue weighted by Crippen LogP contribution is 2.28. The minimum Gasteiger partial charge on any atom is -0.508 e. The molecule has 1 aliphatic rings. The summed E-state index contributed by atoms with van der Waals surface area (Å²) in [5, 5.41) is 10.7. The summed E-state index contributed by atoms with van der Waals surface area (Å²) in [5.74, 6) is 0.140. The minimum absolute atomic E-state index is 0.140. The SMILES string of the molecule is Cc1c(O)ccc2c(CN3C[C@H](C)O[C@@H](C)C3)cc(=O)oc12. The number of hydrogen-bond donors (Lipinski definition) is 1. The molecule has 1 fully saturated rings. The molecule has 1 aromatic heterocycles. The van der Waals surface area contributed by atoms with Crippen LogP contribution in [-0.2, 0) is 11.3 Å². The van der Waals surface area contributed by atoms with Gasteiger partial charge >= 0.3 is 5.63 Å². The summed E-state index contributed by atoms with van der Waals surface area (Å²) >= 11 is 0. The Hall–Kier alpha value is -1.85. The van der Waals surface area contributed by atoms with Gasteiger partial charge in [0.05, 0.1) is 12.2 Å². The average molecular weight is 303 g/mol. The molecule has 5 heteroatoms. The molecule has 0 bridgehead atoms. The number of morpholine rings is 1. The Morgan fingerprint density at radius 2 is 1.95 bits per heavy atom. The zero-order chi connectivity index (χ0) is 15.9. The second-order valence-corrected chi connectivity index (χ2v) is 6.13. The van der Waals surface area contributed by atoms with Crippen LogP contribution >= 0.6 is 0 Å². The molecule has 0 saturated carbocycles. The summed E-state index contributed by atoms with van der Waals surface area (Å²) in [4.78, 5) is 14.1. The number of hydrogen-bond acceptors (Lipinski definition) is 5. The number of phenols is 1. The first-order valence-electron chi connectivity index (χ1n) is 7.57. The van der Waals surface area contributed by atoms with E-state index in [9.17, 15) is 9.90 Å². The van der Waals surface area contributed by atoms with Crippen LogP contribution in [0.2, 0.25) is 0 Å². The monoisotopic (exact) mass is 303 g/mol. The molecule has 0 unspecified atom stereocenters. The Morgan fingerprint density at radius 1 is 1.27 bits per heavy atom. The van der Waals surface area contributed by atoms with Crippen molar-refractivity contribution in [3.63, 3.8) is 0 Å². The lowest BCUT2D eigenvalue weighted by molar-refractivity contribution is -0.0704. The lowest BCUT2D eigenvalue weighted by Crippen LogP contribution is -2.44. The van der Waals surface area contributed by atoms with Gasteiger partial charge in [0, 0.05) is 36.7 Å². The van der Waals surface area contributed by atoms with E-state index in [1.807, 2.05) is 6.07 Å². The third-order valence-electron chi connectivity index (χ3n) is 4.11. The van der Waals surface area contributed by atoms with Crippen LogP contribution in [0.3, 0.4) is 0 Å². The van der Waals surface area contributed by atoms with Gasteiger partial charge in [-0.3, -0.25) is 4.90 Å². The van der Waals surface area contributed by atoms with Crippen LogP contribution in [-0.4, -0.2) is 35.3 Å². The lowest BCUT2D eigenvalue weighted by Gasteiger charge is -2.35. The third-order valence-corrected chi connectivity index (χ3v) is 4.11. The fourth-order valence-corrected chi connectivity index (χ4v) is 3.20. The summed E-state index contributed by atoms with van der Waals surface area (Å²) in [5.41, 5.74) is 1.61. The molecule has 1 aliphatic heterocycles. The lowest BCUT2D eigenvalue weighted by atomic mass is 10.1. The maximum absolute atomic E-state index is 11.8. The summed E-state index contributed by atoms with van der Waals surface area (Å²) in [6.45, 7) is 8.21. The van der Waals surface area contributed by atoms with E-state index in [0.717, 1.165) is 24.0 Å². The van der Waals surface area contributed by atoms with Crippen molar-refractivity contribution in [2.75, 3.05) is 13.1 Å². The number of ether oxygens (including phenoxy) is 1. The van der Waals surface area contributed by atoms with E-state index in [2.05, 4.69) is 18.7 Å². The van der Waals surface area contributed by atoms with E-state index >= 15 is 0 Å². The van der Waals surface area contributed by atoms with Gasteiger partial charge < -0.3 is 14.3 Å². The first kappa shape index (κ1) is 15.1. The van der Waals surface area contributed by atoms with Crippen molar-refractivity contribution in [2.24, 2.45) is 0 Å². The Kier molecular flexibility index (Phi) is 3.93. The number of nitrogens with zero attached hydrogens (tertiary/aromatic N) is 1. The Balaban J connectivity index is 2.00. The minimum atomic E-state index is -0.384. The maximum atomic E-state index is 11.8. The fourth-order valence-electron chi connectivity index (χ4n) is 3.20. The van der Waals surface area contributed by atoms with Gasteiger partial charge in [-0.25, -0.2) is 4.79 Å². The van der Waals surface area contributed by atoms with Crippen molar-refractivity contribution in [3.8, 4) is 5.75 Å². The molecule has 0 aliphatic carbocycles. The Bertz CT molecular complexity index is 742. The smallest absolute Gasteiger partial charge is 0.336 e. The van der Waals surface area contributed by atoms with E-state index < -0.39 is 0 Å². The number of benzene rings is 1. The van der Waals surface area contributed by atoms with Crippen molar-refractivity contribution < 1.29 is 14.3 Å². The first-order chi connectivity index (χ1) is 10.4. The van der Waals surface area contributed by atoms with Crippen molar-refractivity contribution in [1.82, 2.24) is 4.90 Å². The fraction of sp³-hybridized carbons (Fsp3) is 0.471. The molecule has 2 heterocycles. The highest BCUT2D eigenvalue weighted by molar-refractivity contribution is 5.84. The van der Waals surface area contributed by atoms with Crippen LogP contribution in [0.1, 0.15) is 25.0 Å². The molecule has 22 heavy (non-hydrogen) atoms. The predicted molar refractivity (Wildman–Crippen MR) is 84.2 cm³/mol. The Labute approximate surface area is 129 Å². The molecular formula is C17H21NO4. The average Bonchev–Trinajstić information content (AvgIpc) is 2.42. The van der Waals surface area contributed by atoms with Crippen LogP contribution in [0.4, 0.5) is 0 Å². The van der Waals surface area contributed by atoms with Crippen LogP contribution in [0.5, 0.6) is 5.75 Å². The number of aromatic hydroxyl groups is 1. The summed E-state index contributed by atoms with van der Waals surface area (Å²) in [6.07, 6.45) is 0.363. The number of fused-ring (bicyclic) bond motifs is 1. The molecular weight excluding hydrogens is 282 g/mol. The van der Waals surface area contributed by atoms with Crippen molar-refractivity contribution in [1.29, 1.82) is 0 Å². The molecule has 1 saturated heterocycles. The standard InChI is InChI=1S/C17H21NO4/c1-10-7-18(8-11(2)21-10)9-13-6-16(20)22-17-12(3)15(19)5-4-14(13)17/h4-6,10-11,19H,7-9H2,1-3H3/t10-,11-/m0/s1. The van der Waals surface area contributed by atoms with Crippen molar-refractivity contribution >= 4 is 11.0 Å². The van der Waals surface area contributed by atoms with Crippen LogP contribution in [0.15, 0.2) is 27.4 Å². The van der Waals surface area contributed by atoms with Gasteiger partial charge in [0.15, 0.2) is 0 Å². The molecule has 1 aromatic carbocycles. The van der Waals surface area contributed by atoms with Crippen LogP contribution in [0.25, 0.3) is 11.0 Å². The normalized spacial score (nSPS) is 23.0. The molecule has 5 nitrogen and oxygen atoms in total. The first-order valence-corrected chi connectivity index (χ1v) is 7.57. The molecule has 118 valence electrons. The van der Waals surface area contributed by atoms with Crippen molar-refractivity contribution in [2.45, 2.75) is 39.5 Å². The van der Waals surface area contributed by atoms with Gasteiger partial charge in [-0.05, 0) is 38.5 Å².